The number of ketones is 1. The molecule has 0 saturated carbocycles. The first-order chi connectivity index (χ1) is 14.9. The highest BCUT2D eigenvalue weighted by molar-refractivity contribution is 6.46. The number of halogens is 1. The summed E-state index contributed by atoms with van der Waals surface area (Å²) in [5, 5.41) is 11.1. The van der Waals surface area contributed by atoms with E-state index in [1.807, 2.05) is 19.0 Å². The van der Waals surface area contributed by atoms with Gasteiger partial charge in [-0.1, -0.05) is 12.1 Å². The lowest BCUT2D eigenvalue weighted by atomic mass is 9.95. The number of carbonyl (C=O) groups is 2. The van der Waals surface area contributed by atoms with Crippen LogP contribution in [0.3, 0.4) is 0 Å². The Kier molecular flexibility index (Phi) is 5.65. The molecule has 0 aromatic heterocycles. The van der Waals surface area contributed by atoms with Gasteiger partial charge in [0.15, 0.2) is 11.5 Å². The predicted molar refractivity (Wildman–Crippen MR) is 111 cm³/mol. The Morgan fingerprint density at radius 3 is 2.55 bits per heavy atom. The molecule has 0 spiro atoms. The highest BCUT2D eigenvalue weighted by atomic mass is 19.1. The van der Waals surface area contributed by atoms with Crippen LogP contribution >= 0.6 is 0 Å². The van der Waals surface area contributed by atoms with E-state index in [0.717, 1.165) is 6.54 Å². The van der Waals surface area contributed by atoms with Gasteiger partial charge in [-0.2, -0.15) is 0 Å². The first-order valence-corrected chi connectivity index (χ1v) is 9.95. The number of benzene rings is 2. The summed E-state index contributed by atoms with van der Waals surface area (Å²) in [7, 11) is 3.84. The van der Waals surface area contributed by atoms with E-state index in [2.05, 4.69) is 0 Å². The van der Waals surface area contributed by atoms with Gasteiger partial charge in [0, 0.05) is 12.1 Å². The lowest BCUT2D eigenvalue weighted by molar-refractivity contribution is -0.139. The number of carbonyl (C=O) groups excluding carboxylic acids is 2. The average molecular weight is 426 g/mol. The van der Waals surface area contributed by atoms with Crippen LogP contribution in [0.1, 0.15) is 23.6 Å². The van der Waals surface area contributed by atoms with Crippen LogP contribution in [0.2, 0.25) is 0 Å². The minimum Gasteiger partial charge on any atom is -0.507 e. The van der Waals surface area contributed by atoms with Crippen molar-refractivity contribution < 1.29 is 28.6 Å². The fourth-order valence-electron chi connectivity index (χ4n) is 3.86. The maximum Gasteiger partial charge on any atom is 0.295 e. The molecule has 2 aromatic carbocycles. The number of amides is 1. The average Bonchev–Trinajstić information content (AvgIpc) is 3.31. The zero-order valence-electron chi connectivity index (χ0n) is 17.3. The lowest BCUT2D eigenvalue weighted by Gasteiger charge is -2.26. The van der Waals surface area contributed by atoms with Crippen molar-refractivity contribution in [3.8, 4) is 11.5 Å². The molecule has 2 aromatic rings. The van der Waals surface area contributed by atoms with Crippen molar-refractivity contribution in [2.75, 3.05) is 34.0 Å². The SMILES string of the molecule is CN(C)CCCN1C(=O)C(=O)/C(=C(\O)c2ccc3c(c2)OCO3)C1c1ccc(F)cc1. The van der Waals surface area contributed by atoms with E-state index < -0.39 is 23.5 Å². The molecule has 7 nitrogen and oxygen atoms in total. The van der Waals surface area contributed by atoms with Crippen molar-refractivity contribution >= 4 is 17.4 Å². The van der Waals surface area contributed by atoms with Gasteiger partial charge in [-0.05, 0) is 63.0 Å². The van der Waals surface area contributed by atoms with Gasteiger partial charge in [0.25, 0.3) is 11.7 Å². The molecule has 162 valence electrons. The Balaban J connectivity index is 1.78. The summed E-state index contributed by atoms with van der Waals surface area (Å²) in [5.74, 6) is -1.20. The zero-order valence-corrected chi connectivity index (χ0v) is 17.3. The van der Waals surface area contributed by atoms with E-state index >= 15 is 0 Å². The Bertz CT molecular complexity index is 1050. The molecular formula is C23H23FN2O5. The maximum absolute atomic E-state index is 13.5. The number of nitrogens with zero attached hydrogens (tertiary/aromatic N) is 2. The molecule has 2 aliphatic rings. The van der Waals surface area contributed by atoms with Crippen molar-refractivity contribution in [1.29, 1.82) is 0 Å². The van der Waals surface area contributed by atoms with Crippen molar-refractivity contribution in [3.05, 3.63) is 65.0 Å². The fourth-order valence-corrected chi connectivity index (χ4v) is 3.86. The third-order valence-electron chi connectivity index (χ3n) is 5.38. The summed E-state index contributed by atoms with van der Waals surface area (Å²) in [6.07, 6.45) is 0.641. The molecule has 1 unspecified atom stereocenters. The Hall–Kier alpha value is -3.39. The number of aliphatic hydroxyl groups excluding tert-OH is 1. The maximum atomic E-state index is 13.5. The summed E-state index contributed by atoms with van der Waals surface area (Å²) < 4.78 is 24.2. The van der Waals surface area contributed by atoms with Gasteiger partial charge in [0.2, 0.25) is 6.79 Å². The summed E-state index contributed by atoms with van der Waals surface area (Å²) in [4.78, 5) is 29.3. The molecule has 1 N–H and O–H groups in total. The van der Waals surface area contributed by atoms with Crippen LogP contribution in [0.15, 0.2) is 48.0 Å². The van der Waals surface area contributed by atoms with Gasteiger partial charge in [-0.15, -0.1) is 0 Å². The molecule has 0 aliphatic carbocycles. The van der Waals surface area contributed by atoms with Crippen LogP contribution in [0.4, 0.5) is 4.39 Å². The van der Waals surface area contributed by atoms with Gasteiger partial charge in [0.05, 0.1) is 11.6 Å². The number of hydrogen-bond acceptors (Lipinski definition) is 6. The number of aliphatic hydroxyl groups is 1. The number of likely N-dealkylation sites (tertiary alicyclic amines) is 1. The molecule has 0 radical (unpaired) electrons. The van der Waals surface area contributed by atoms with E-state index in [9.17, 15) is 19.1 Å². The molecule has 2 heterocycles. The molecule has 0 bridgehead atoms. The molecule has 1 fully saturated rings. The quantitative estimate of drug-likeness (QED) is 0.435. The fraction of sp³-hybridized carbons (Fsp3) is 0.304. The first kappa shape index (κ1) is 20.9. The van der Waals surface area contributed by atoms with Gasteiger partial charge in [-0.3, -0.25) is 9.59 Å². The third kappa shape index (κ3) is 3.98. The monoisotopic (exact) mass is 426 g/mol. The molecule has 8 heteroatoms. The summed E-state index contributed by atoms with van der Waals surface area (Å²) in [5.41, 5.74) is 0.857. The summed E-state index contributed by atoms with van der Waals surface area (Å²) in [6.45, 7) is 1.12. The van der Waals surface area contributed by atoms with E-state index in [1.165, 1.54) is 29.2 Å². The van der Waals surface area contributed by atoms with Crippen molar-refractivity contribution in [2.45, 2.75) is 12.5 Å². The smallest absolute Gasteiger partial charge is 0.295 e. The van der Waals surface area contributed by atoms with E-state index in [-0.39, 0.29) is 18.1 Å². The molecule has 1 saturated heterocycles. The number of hydrogen-bond donors (Lipinski definition) is 1. The van der Waals surface area contributed by atoms with Crippen LogP contribution in [-0.4, -0.2) is 60.6 Å². The largest absolute Gasteiger partial charge is 0.507 e. The number of rotatable bonds is 6. The van der Waals surface area contributed by atoms with Crippen LogP contribution in [-0.2, 0) is 9.59 Å². The molecule has 2 aliphatic heterocycles. The molecule has 31 heavy (non-hydrogen) atoms. The Morgan fingerprint density at radius 1 is 1.13 bits per heavy atom. The van der Waals surface area contributed by atoms with Gasteiger partial charge < -0.3 is 24.4 Å². The minimum absolute atomic E-state index is 0.0275. The normalized spacial score (nSPS) is 19.5. The molecular weight excluding hydrogens is 403 g/mol. The van der Waals surface area contributed by atoms with Crippen molar-refractivity contribution in [1.82, 2.24) is 9.80 Å². The van der Waals surface area contributed by atoms with Gasteiger partial charge in [0.1, 0.15) is 11.6 Å². The third-order valence-corrected chi connectivity index (χ3v) is 5.38. The first-order valence-electron chi connectivity index (χ1n) is 9.95. The van der Waals surface area contributed by atoms with Crippen LogP contribution < -0.4 is 9.47 Å². The predicted octanol–water partition coefficient (Wildman–Crippen LogP) is 2.93. The minimum atomic E-state index is -0.812. The topological polar surface area (TPSA) is 79.3 Å². The van der Waals surface area contributed by atoms with E-state index in [0.29, 0.717) is 35.6 Å². The lowest BCUT2D eigenvalue weighted by Crippen LogP contribution is -2.32. The second-order valence-corrected chi connectivity index (χ2v) is 7.77. The van der Waals surface area contributed by atoms with E-state index in [4.69, 9.17) is 9.47 Å². The van der Waals surface area contributed by atoms with Gasteiger partial charge >= 0.3 is 0 Å². The number of ether oxygens (including phenoxy) is 2. The molecule has 4 rings (SSSR count). The molecule has 1 atom stereocenters. The van der Waals surface area contributed by atoms with Crippen LogP contribution in [0, 0.1) is 5.82 Å². The highest BCUT2D eigenvalue weighted by Crippen LogP contribution is 2.41. The highest BCUT2D eigenvalue weighted by Gasteiger charge is 2.45. The number of fused-ring (bicyclic) bond motifs is 1. The second-order valence-electron chi connectivity index (χ2n) is 7.77. The van der Waals surface area contributed by atoms with Crippen LogP contribution in [0.5, 0.6) is 11.5 Å². The zero-order chi connectivity index (χ0) is 22.1. The Morgan fingerprint density at radius 2 is 1.84 bits per heavy atom. The molecule has 1 amide bonds. The number of Topliss-reactive ketones (excluding diaryl/α,β-unsaturated/α-hetero) is 1. The van der Waals surface area contributed by atoms with Gasteiger partial charge in [-0.25, -0.2) is 4.39 Å². The standard InChI is InChI=1S/C23H23FN2O5/c1-25(2)10-3-11-26-20(14-4-7-16(24)8-5-14)19(22(28)23(26)29)21(27)15-6-9-17-18(12-15)31-13-30-17/h4-9,12,20,27H,3,10-11,13H2,1-2H3/b21-19-. The Labute approximate surface area is 179 Å². The summed E-state index contributed by atoms with van der Waals surface area (Å²) in [6, 6.07) is 9.59. The van der Waals surface area contributed by atoms with Crippen LogP contribution in [0.25, 0.3) is 5.76 Å². The van der Waals surface area contributed by atoms with Crippen molar-refractivity contribution in [3.63, 3.8) is 0 Å². The van der Waals surface area contributed by atoms with Crippen molar-refractivity contribution in [2.24, 2.45) is 0 Å². The van der Waals surface area contributed by atoms with E-state index in [1.54, 1.807) is 18.2 Å². The second kappa shape index (κ2) is 8.39. The summed E-state index contributed by atoms with van der Waals surface area (Å²) >= 11 is 0.